The summed E-state index contributed by atoms with van der Waals surface area (Å²) in [7, 11) is 0. The molecule has 1 unspecified atom stereocenters. The molecule has 0 aromatic heterocycles. The second-order valence-electron chi connectivity index (χ2n) is 2.58. The van der Waals surface area contributed by atoms with Crippen LogP contribution in [0.25, 0.3) is 0 Å². The molecule has 0 aliphatic rings. The van der Waals surface area contributed by atoms with Crippen molar-refractivity contribution in [1.29, 1.82) is 0 Å². The van der Waals surface area contributed by atoms with Crippen molar-refractivity contribution in [3.63, 3.8) is 0 Å². The van der Waals surface area contributed by atoms with Gasteiger partial charge in [0.1, 0.15) is 0 Å². The summed E-state index contributed by atoms with van der Waals surface area (Å²) < 4.78 is 22.7. The predicted molar refractivity (Wildman–Crippen MR) is 50.1 cm³/mol. The summed E-state index contributed by atoms with van der Waals surface area (Å²) in [6, 6.07) is 7.48. The molecule has 0 saturated heterocycles. The van der Waals surface area contributed by atoms with E-state index in [4.69, 9.17) is 5.73 Å². The standard InChI is InChI=1S/C8H12N2O2S/c9-5-7-2-1-3-8(4-7)6-10-13(11)12/h1-4,10H,5-6,9H2,(H,11,12)/p-1. The van der Waals surface area contributed by atoms with Crippen LogP contribution in [-0.2, 0) is 24.4 Å². The van der Waals surface area contributed by atoms with Crippen LogP contribution in [0.1, 0.15) is 11.1 Å². The lowest BCUT2D eigenvalue weighted by Gasteiger charge is -2.07. The van der Waals surface area contributed by atoms with E-state index in [0.29, 0.717) is 13.1 Å². The van der Waals surface area contributed by atoms with Gasteiger partial charge >= 0.3 is 0 Å². The third-order valence-electron chi connectivity index (χ3n) is 1.62. The van der Waals surface area contributed by atoms with E-state index in [2.05, 4.69) is 4.72 Å². The largest absolute Gasteiger partial charge is 0.760 e. The molecule has 0 amide bonds. The highest BCUT2D eigenvalue weighted by Gasteiger charge is 1.93. The molecule has 0 heterocycles. The molecule has 1 aromatic carbocycles. The quantitative estimate of drug-likeness (QED) is 0.671. The van der Waals surface area contributed by atoms with Crippen molar-refractivity contribution in [3.05, 3.63) is 35.4 Å². The van der Waals surface area contributed by atoms with Crippen LogP contribution in [0.15, 0.2) is 24.3 Å². The van der Waals surface area contributed by atoms with Crippen molar-refractivity contribution in [2.75, 3.05) is 0 Å². The summed E-state index contributed by atoms with van der Waals surface area (Å²) in [5.74, 6) is 0. The highest BCUT2D eigenvalue weighted by atomic mass is 32.2. The van der Waals surface area contributed by atoms with E-state index in [0.717, 1.165) is 11.1 Å². The van der Waals surface area contributed by atoms with Crippen molar-refractivity contribution in [1.82, 2.24) is 4.72 Å². The SMILES string of the molecule is NCc1cccc(CNS(=O)[O-])c1. The number of benzene rings is 1. The van der Waals surface area contributed by atoms with Crippen molar-refractivity contribution >= 4 is 11.3 Å². The van der Waals surface area contributed by atoms with Gasteiger partial charge in [0.25, 0.3) is 0 Å². The first kappa shape index (κ1) is 10.3. The third kappa shape index (κ3) is 3.65. The Labute approximate surface area is 79.6 Å². The van der Waals surface area contributed by atoms with Gasteiger partial charge in [-0.3, -0.25) is 4.21 Å². The zero-order valence-electron chi connectivity index (χ0n) is 7.03. The average molecular weight is 199 g/mol. The number of nitrogens with two attached hydrogens (primary N) is 1. The summed E-state index contributed by atoms with van der Waals surface area (Å²) in [6.07, 6.45) is 0. The topological polar surface area (TPSA) is 78.2 Å². The number of hydrogen-bond donors (Lipinski definition) is 2. The van der Waals surface area contributed by atoms with Crippen molar-refractivity contribution in [2.45, 2.75) is 13.1 Å². The molecule has 72 valence electrons. The average Bonchev–Trinajstić information content (AvgIpc) is 2.15. The van der Waals surface area contributed by atoms with Crippen molar-refractivity contribution in [3.8, 4) is 0 Å². The Morgan fingerprint density at radius 1 is 1.46 bits per heavy atom. The maximum atomic E-state index is 10.2. The third-order valence-corrected chi connectivity index (χ3v) is 2.00. The van der Waals surface area contributed by atoms with Crippen LogP contribution in [0.4, 0.5) is 0 Å². The highest BCUT2D eigenvalue weighted by molar-refractivity contribution is 7.77. The summed E-state index contributed by atoms with van der Waals surface area (Å²) in [5, 5.41) is 0. The summed E-state index contributed by atoms with van der Waals surface area (Å²) >= 11 is -2.21. The molecule has 0 fully saturated rings. The molecule has 0 saturated carbocycles. The molecule has 1 atom stereocenters. The predicted octanol–water partition coefficient (Wildman–Crippen LogP) is 0.0290. The molecule has 3 N–H and O–H groups in total. The van der Waals surface area contributed by atoms with E-state index >= 15 is 0 Å². The van der Waals surface area contributed by atoms with E-state index in [1.54, 1.807) is 0 Å². The molecule has 1 aromatic rings. The van der Waals surface area contributed by atoms with Crippen LogP contribution in [0.2, 0.25) is 0 Å². The summed E-state index contributed by atoms with van der Waals surface area (Å²) in [6.45, 7) is 0.776. The molecule has 5 heteroatoms. The van der Waals surface area contributed by atoms with E-state index in [1.807, 2.05) is 24.3 Å². The molecule has 13 heavy (non-hydrogen) atoms. The van der Waals surface area contributed by atoms with Gasteiger partial charge in [0.2, 0.25) is 0 Å². The molecule has 0 aliphatic heterocycles. The minimum atomic E-state index is -2.21. The van der Waals surface area contributed by atoms with Crippen LogP contribution in [0.5, 0.6) is 0 Å². The Kier molecular flexibility index (Phi) is 4.04. The summed E-state index contributed by atoms with van der Waals surface area (Å²) in [5.41, 5.74) is 7.34. The Hall–Kier alpha value is -0.750. The molecule has 1 rings (SSSR count). The first-order valence-corrected chi connectivity index (χ1v) is 4.90. The van der Waals surface area contributed by atoms with Gasteiger partial charge in [-0.25, -0.2) is 4.72 Å². The van der Waals surface area contributed by atoms with Gasteiger partial charge in [-0.1, -0.05) is 24.3 Å². The lowest BCUT2D eigenvalue weighted by Crippen LogP contribution is -2.15. The van der Waals surface area contributed by atoms with Gasteiger partial charge in [-0.05, 0) is 11.1 Å². The molecule has 0 aliphatic carbocycles. The van der Waals surface area contributed by atoms with Gasteiger partial charge in [0.15, 0.2) is 0 Å². The Balaban J connectivity index is 2.61. The van der Waals surface area contributed by atoms with Gasteiger partial charge in [0, 0.05) is 24.4 Å². The minimum Gasteiger partial charge on any atom is -0.760 e. The van der Waals surface area contributed by atoms with Crippen molar-refractivity contribution in [2.24, 2.45) is 5.73 Å². The Morgan fingerprint density at radius 3 is 2.77 bits per heavy atom. The lowest BCUT2D eigenvalue weighted by molar-refractivity contribution is 0.522. The zero-order chi connectivity index (χ0) is 9.68. The Morgan fingerprint density at radius 2 is 2.15 bits per heavy atom. The second-order valence-corrected chi connectivity index (χ2v) is 3.34. The monoisotopic (exact) mass is 199 g/mol. The fourth-order valence-electron chi connectivity index (χ4n) is 1.01. The van der Waals surface area contributed by atoms with Gasteiger partial charge in [-0.15, -0.1) is 0 Å². The van der Waals surface area contributed by atoms with E-state index in [-0.39, 0.29) is 0 Å². The zero-order valence-corrected chi connectivity index (χ0v) is 7.84. The van der Waals surface area contributed by atoms with Crippen molar-refractivity contribution < 1.29 is 8.76 Å². The first-order valence-electron chi connectivity index (χ1n) is 3.83. The van der Waals surface area contributed by atoms with Crippen LogP contribution >= 0.6 is 0 Å². The fraction of sp³-hybridized carbons (Fsp3) is 0.250. The number of rotatable bonds is 4. The van der Waals surface area contributed by atoms with E-state index < -0.39 is 11.3 Å². The highest BCUT2D eigenvalue weighted by Crippen LogP contribution is 2.03. The van der Waals surface area contributed by atoms with Crippen LogP contribution < -0.4 is 10.5 Å². The summed E-state index contributed by atoms with van der Waals surface area (Å²) in [4.78, 5) is 0. The number of nitrogens with one attached hydrogen (secondary N) is 1. The maximum Gasteiger partial charge on any atom is 0.0322 e. The maximum absolute atomic E-state index is 10.2. The molecule has 0 bridgehead atoms. The Bertz CT molecular complexity index is 304. The molecular weight excluding hydrogens is 188 g/mol. The molecular formula is C8H11N2O2S-. The van der Waals surface area contributed by atoms with E-state index in [9.17, 15) is 8.76 Å². The van der Waals surface area contributed by atoms with Gasteiger partial charge in [-0.2, -0.15) is 0 Å². The smallest absolute Gasteiger partial charge is 0.0322 e. The second kappa shape index (κ2) is 5.08. The van der Waals surface area contributed by atoms with Crippen LogP contribution in [0, 0.1) is 0 Å². The van der Waals surface area contributed by atoms with Crippen LogP contribution in [-0.4, -0.2) is 8.76 Å². The van der Waals surface area contributed by atoms with E-state index in [1.165, 1.54) is 0 Å². The molecule has 0 spiro atoms. The number of hydrogen-bond acceptors (Lipinski definition) is 3. The van der Waals surface area contributed by atoms with Gasteiger partial charge in [0.05, 0.1) is 0 Å². The minimum absolute atomic E-state index is 0.309. The fourth-order valence-corrected chi connectivity index (χ4v) is 1.29. The molecule has 0 radical (unpaired) electrons. The van der Waals surface area contributed by atoms with Crippen LogP contribution in [0.3, 0.4) is 0 Å². The molecule has 4 nitrogen and oxygen atoms in total. The lowest BCUT2D eigenvalue weighted by atomic mass is 10.1. The van der Waals surface area contributed by atoms with Gasteiger partial charge < -0.3 is 10.3 Å². The normalized spacial score (nSPS) is 12.8. The first-order chi connectivity index (χ1) is 6.22.